The number of rotatable bonds is 5. The molecule has 6 nitrogen and oxygen atoms in total. The van der Waals surface area contributed by atoms with Gasteiger partial charge in [-0.1, -0.05) is 6.42 Å². The van der Waals surface area contributed by atoms with Crippen molar-refractivity contribution in [2.75, 3.05) is 26.4 Å². The van der Waals surface area contributed by atoms with Crippen LogP contribution in [-0.2, 0) is 10.0 Å². The molecule has 0 amide bonds. The van der Waals surface area contributed by atoms with Gasteiger partial charge >= 0.3 is 6.18 Å². The monoisotopic (exact) mass is 344 g/mol. The first kappa shape index (κ1) is 19.0. The van der Waals surface area contributed by atoms with Crippen LogP contribution in [0.4, 0.5) is 13.2 Å². The molecule has 0 spiro atoms. The second-order valence-corrected chi connectivity index (χ2v) is 7.24. The summed E-state index contributed by atoms with van der Waals surface area (Å²) in [6, 6.07) is -0.283. The van der Waals surface area contributed by atoms with Crippen molar-refractivity contribution >= 4 is 16.0 Å². The Hall–Kier alpha value is -1.03. The number of sulfonamides is 1. The highest BCUT2D eigenvalue weighted by atomic mass is 32.2. The second-order valence-electron chi connectivity index (χ2n) is 5.41. The lowest BCUT2D eigenvalue weighted by Crippen LogP contribution is -2.48. The summed E-state index contributed by atoms with van der Waals surface area (Å²) in [5.41, 5.74) is 0. The summed E-state index contributed by atoms with van der Waals surface area (Å²) in [5, 5.41) is 5.84. The van der Waals surface area contributed by atoms with Crippen LogP contribution < -0.4 is 15.4 Å². The van der Waals surface area contributed by atoms with E-state index in [9.17, 15) is 21.6 Å². The number of hydrogen-bond donors (Lipinski definition) is 3. The molecule has 1 rings (SSSR count). The highest BCUT2D eigenvalue weighted by Gasteiger charge is 2.42. The molecule has 0 aromatic heterocycles. The molecule has 1 aliphatic carbocycles. The number of nitrogens with one attached hydrogen (secondary N) is 3. The minimum atomic E-state index is -4.16. The topological polar surface area (TPSA) is 82.6 Å². The minimum absolute atomic E-state index is 0.0335. The molecule has 0 radical (unpaired) electrons. The van der Waals surface area contributed by atoms with E-state index in [2.05, 4.69) is 20.3 Å². The largest absolute Gasteiger partial charge is 0.391 e. The van der Waals surface area contributed by atoms with E-state index < -0.39 is 22.1 Å². The SMILES string of the molecule is CN=C(NCCNS(C)(=O)=O)NC1CCCC(C(F)(F)F)C1. The highest BCUT2D eigenvalue weighted by Crippen LogP contribution is 2.37. The first-order chi connectivity index (χ1) is 10.1. The van der Waals surface area contributed by atoms with E-state index in [1.165, 1.54) is 7.05 Å². The van der Waals surface area contributed by atoms with Crippen molar-refractivity contribution in [2.24, 2.45) is 10.9 Å². The van der Waals surface area contributed by atoms with Crippen molar-refractivity contribution in [3.8, 4) is 0 Å². The van der Waals surface area contributed by atoms with Gasteiger partial charge in [-0.15, -0.1) is 0 Å². The van der Waals surface area contributed by atoms with Crippen LogP contribution in [0.3, 0.4) is 0 Å². The Labute approximate surface area is 129 Å². The van der Waals surface area contributed by atoms with Gasteiger partial charge in [-0.3, -0.25) is 4.99 Å². The third-order valence-electron chi connectivity index (χ3n) is 3.48. The maximum absolute atomic E-state index is 12.8. The fourth-order valence-corrected chi connectivity index (χ4v) is 2.90. The molecule has 0 aromatic rings. The molecular formula is C12H23F3N4O2S. The van der Waals surface area contributed by atoms with Crippen molar-refractivity contribution in [1.29, 1.82) is 0 Å². The summed E-state index contributed by atoms with van der Waals surface area (Å²) in [7, 11) is -1.74. The number of guanidine groups is 1. The zero-order chi connectivity index (χ0) is 16.8. The summed E-state index contributed by atoms with van der Waals surface area (Å²) >= 11 is 0. The first-order valence-corrected chi connectivity index (χ1v) is 8.99. The molecule has 1 saturated carbocycles. The summed E-state index contributed by atoms with van der Waals surface area (Å²) < 4.78 is 62.4. The average Bonchev–Trinajstić information content (AvgIpc) is 2.40. The van der Waals surface area contributed by atoms with Crippen LogP contribution in [0.5, 0.6) is 0 Å². The number of alkyl halides is 3. The molecular weight excluding hydrogens is 321 g/mol. The smallest absolute Gasteiger partial charge is 0.355 e. The molecule has 0 aromatic carbocycles. The number of aliphatic imine (C=N–C) groups is 1. The van der Waals surface area contributed by atoms with Gasteiger partial charge in [-0.05, 0) is 19.3 Å². The Morgan fingerprint density at radius 2 is 1.95 bits per heavy atom. The molecule has 0 bridgehead atoms. The maximum Gasteiger partial charge on any atom is 0.391 e. The zero-order valence-corrected chi connectivity index (χ0v) is 13.5. The van der Waals surface area contributed by atoms with Gasteiger partial charge in [0, 0.05) is 26.2 Å². The third kappa shape index (κ3) is 7.30. The van der Waals surface area contributed by atoms with Gasteiger partial charge in [0.2, 0.25) is 10.0 Å². The number of hydrogen-bond acceptors (Lipinski definition) is 3. The van der Waals surface area contributed by atoms with E-state index in [0.717, 1.165) is 6.26 Å². The molecule has 1 fully saturated rings. The lowest BCUT2D eigenvalue weighted by atomic mass is 9.85. The van der Waals surface area contributed by atoms with Gasteiger partial charge < -0.3 is 10.6 Å². The standard InChI is InChI=1S/C12H23F3N4O2S/c1-16-11(17-6-7-18-22(2,20)21)19-10-5-3-4-9(8-10)12(13,14)15/h9-10,18H,3-8H2,1-2H3,(H2,16,17,19). The molecule has 2 atom stereocenters. The summed E-state index contributed by atoms with van der Waals surface area (Å²) in [4.78, 5) is 3.94. The van der Waals surface area contributed by atoms with Crippen molar-refractivity contribution in [1.82, 2.24) is 15.4 Å². The van der Waals surface area contributed by atoms with E-state index in [-0.39, 0.29) is 25.4 Å². The van der Waals surface area contributed by atoms with E-state index >= 15 is 0 Å². The van der Waals surface area contributed by atoms with E-state index in [4.69, 9.17) is 0 Å². The Kier molecular flexibility index (Phi) is 6.92. The predicted molar refractivity (Wildman–Crippen MR) is 79.1 cm³/mol. The second kappa shape index (κ2) is 8.00. The van der Waals surface area contributed by atoms with Gasteiger partial charge in [0.15, 0.2) is 5.96 Å². The summed E-state index contributed by atoms with van der Waals surface area (Å²) in [5.74, 6) is -0.896. The molecule has 2 unspecified atom stereocenters. The van der Waals surface area contributed by atoms with E-state index in [0.29, 0.717) is 25.3 Å². The van der Waals surface area contributed by atoms with Gasteiger partial charge in [0.1, 0.15) is 0 Å². The van der Waals surface area contributed by atoms with Crippen LogP contribution >= 0.6 is 0 Å². The lowest BCUT2D eigenvalue weighted by molar-refractivity contribution is -0.183. The molecule has 10 heteroatoms. The molecule has 130 valence electrons. The highest BCUT2D eigenvalue weighted by molar-refractivity contribution is 7.88. The summed E-state index contributed by atoms with van der Waals surface area (Å²) in [6.45, 7) is 0.470. The Morgan fingerprint density at radius 1 is 1.27 bits per heavy atom. The number of halogens is 3. The number of nitrogens with zero attached hydrogens (tertiary/aromatic N) is 1. The van der Waals surface area contributed by atoms with Gasteiger partial charge in [-0.2, -0.15) is 13.2 Å². The minimum Gasteiger partial charge on any atom is -0.355 e. The van der Waals surface area contributed by atoms with E-state index in [1.807, 2.05) is 0 Å². The van der Waals surface area contributed by atoms with Gasteiger partial charge in [0.05, 0.1) is 12.2 Å². The molecule has 0 aliphatic heterocycles. The lowest BCUT2D eigenvalue weighted by Gasteiger charge is -2.31. The molecule has 22 heavy (non-hydrogen) atoms. The molecule has 0 heterocycles. The van der Waals surface area contributed by atoms with Gasteiger partial charge in [0.25, 0.3) is 0 Å². The molecule has 1 aliphatic rings. The van der Waals surface area contributed by atoms with Crippen LogP contribution in [-0.4, -0.2) is 53.0 Å². The maximum atomic E-state index is 12.8. The molecule has 3 N–H and O–H groups in total. The molecule has 0 saturated heterocycles. The first-order valence-electron chi connectivity index (χ1n) is 7.10. The van der Waals surface area contributed by atoms with Crippen LogP contribution in [0.1, 0.15) is 25.7 Å². The van der Waals surface area contributed by atoms with Crippen LogP contribution in [0.25, 0.3) is 0 Å². The van der Waals surface area contributed by atoms with Crippen LogP contribution in [0.15, 0.2) is 4.99 Å². The zero-order valence-electron chi connectivity index (χ0n) is 12.7. The summed E-state index contributed by atoms with van der Waals surface area (Å²) in [6.07, 6.45) is -1.71. The Bertz CT molecular complexity index is 479. The normalized spacial score (nSPS) is 24.1. The average molecular weight is 344 g/mol. The van der Waals surface area contributed by atoms with Crippen molar-refractivity contribution in [3.05, 3.63) is 0 Å². The van der Waals surface area contributed by atoms with Crippen molar-refractivity contribution in [3.63, 3.8) is 0 Å². The Balaban J connectivity index is 2.39. The van der Waals surface area contributed by atoms with Crippen molar-refractivity contribution < 1.29 is 21.6 Å². The Morgan fingerprint density at radius 3 is 2.50 bits per heavy atom. The van der Waals surface area contributed by atoms with E-state index in [1.54, 1.807) is 0 Å². The fourth-order valence-electron chi connectivity index (χ4n) is 2.42. The fraction of sp³-hybridized carbons (Fsp3) is 0.917. The third-order valence-corrected chi connectivity index (χ3v) is 4.21. The van der Waals surface area contributed by atoms with Crippen molar-refractivity contribution in [2.45, 2.75) is 37.9 Å². The van der Waals surface area contributed by atoms with Crippen LogP contribution in [0.2, 0.25) is 0 Å². The van der Waals surface area contributed by atoms with Gasteiger partial charge in [-0.25, -0.2) is 13.1 Å². The quantitative estimate of drug-likeness (QED) is 0.392. The van der Waals surface area contributed by atoms with Crippen LogP contribution in [0, 0.1) is 5.92 Å². The predicted octanol–water partition coefficient (Wildman–Crippen LogP) is 0.822.